The van der Waals surface area contributed by atoms with Gasteiger partial charge in [0.1, 0.15) is 17.9 Å². The van der Waals surface area contributed by atoms with Crippen molar-refractivity contribution in [3.05, 3.63) is 71.2 Å². The molecule has 6 nitrogen and oxygen atoms in total. The van der Waals surface area contributed by atoms with Crippen LogP contribution in [0.15, 0.2) is 58.2 Å². The molecule has 0 fully saturated rings. The number of aromatic nitrogens is 1. The Labute approximate surface area is 161 Å². The Morgan fingerprint density at radius 3 is 2.67 bits per heavy atom. The fraction of sp³-hybridized carbons (Fsp3) is 0.200. The van der Waals surface area contributed by atoms with Crippen LogP contribution < -0.4 is 16.8 Å². The zero-order valence-electron chi connectivity index (χ0n) is 14.6. The molecule has 1 amide bonds. The second-order valence-electron chi connectivity index (χ2n) is 6.58. The monoisotopic (exact) mass is 380 g/mol. The fourth-order valence-corrected chi connectivity index (χ4v) is 4.45. The molecular weight excluding hydrogens is 360 g/mol. The third-order valence-corrected chi connectivity index (χ3v) is 5.85. The van der Waals surface area contributed by atoms with Crippen LogP contribution in [0.3, 0.4) is 0 Å². The lowest BCUT2D eigenvalue weighted by Crippen LogP contribution is -2.24. The SMILES string of the molecule is Nc1ccc(C(=O)NCc2ccc(CC3Cc4cocc4S3)cc2)c(N)n1. The first-order chi connectivity index (χ1) is 13.1. The first kappa shape index (κ1) is 17.5. The van der Waals surface area contributed by atoms with E-state index in [-0.39, 0.29) is 11.7 Å². The zero-order chi connectivity index (χ0) is 18.8. The molecule has 7 heteroatoms. The lowest BCUT2D eigenvalue weighted by Gasteiger charge is -2.10. The normalized spacial score (nSPS) is 15.5. The van der Waals surface area contributed by atoms with Gasteiger partial charge in [0.05, 0.1) is 11.8 Å². The van der Waals surface area contributed by atoms with Gasteiger partial charge in [0.2, 0.25) is 0 Å². The fourth-order valence-electron chi connectivity index (χ4n) is 3.16. The van der Waals surface area contributed by atoms with Crippen LogP contribution in [0.25, 0.3) is 0 Å². The van der Waals surface area contributed by atoms with E-state index in [1.165, 1.54) is 16.0 Å². The minimum absolute atomic E-state index is 0.136. The molecule has 0 saturated heterocycles. The minimum atomic E-state index is -0.262. The molecule has 0 saturated carbocycles. The van der Waals surface area contributed by atoms with E-state index in [1.54, 1.807) is 12.1 Å². The van der Waals surface area contributed by atoms with Crippen LogP contribution in [-0.2, 0) is 19.4 Å². The third-order valence-electron chi connectivity index (χ3n) is 4.57. The summed E-state index contributed by atoms with van der Waals surface area (Å²) in [4.78, 5) is 17.4. The number of fused-ring (bicyclic) bond motifs is 1. The number of nitrogens with zero attached hydrogens (tertiary/aromatic N) is 1. The average molecular weight is 380 g/mol. The van der Waals surface area contributed by atoms with Crippen LogP contribution >= 0.6 is 11.8 Å². The van der Waals surface area contributed by atoms with E-state index in [9.17, 15) is 4.79 Å². The number of nitrogen functional groups attached to an aromatic ring is 2. The van der Waals surface area contributed by atoms with Gasteiger partial charge in [0.25, 0.3) is 5.91 Å². The number of benzene rings is 1. The number of hydrogen-bond donors (Lipinski definition) is 3. The summed E-state index contributed by atoms with van der Waals surface area (Å²) in [6, 6.07) is 11.5. The number of rotatable bonds is 5. The molecule has 1 unspecified atom stereocenters. The lowest BCUT2D eigenvalue weighted by molar-refractivity contribution is 0.0951. The van der Waals surface area contributed by atoms with Crippen molar-refractivity contribution >= 4 is 29.3 Å². The van der Waals surface area contributed by atoms with Crippen molar-refractivity contribution in [2.75, 3.05) is 11.5 Å². The smallest absolute Gasteiger partial charge is 0.255 e. The van der Waals surface area contributed by atoms with Crippen molar-refractivity contribution in [1.29, 1.82) is 0 Å². The van der Waals surface area contributed by atoms with Gasteiger partial charge in [-0.05, 0) is 36.1 Å². The second-order valence-corrected chi connectivity index (χ2v) is 7.92. The van der Waals surface area contributed by atoms with E-state index in [0.717, 1.165) is 18.4 Å². The number of pyridine rings is 1. The number of thioether (sulfide) groups is 1. The Morgan fingerprint density at radius 2 is 1.93 bits per heavy atom. The Balaban J connectivity index is 1.31. The molecular formula is C20H20N4O2S. The molecule has 4 rings (SSSR count). The highest BCUT2D eigenvalue weighted by Crippen LogP contribution is 2.39. The van der Waals surface area contributed by atoms with Crippen LogP contribution in [0.4, 0.5) is 11.6 Å². The van der Waals surface area contributed by atoms with Crippen molar-refractivity contribution in [1.82, 2.24) is 10.3 Å². The molecule has 1 atom stereocenters. The summed E-state index contributed by atoms with van der Waals surface area (Å²) < 4.78 is 5.22. The van der Waals surface area contributed by atoms with Gasteiger partial charge < -0.3 is 21.2 Å². The number of nitrogens with two attached hydrogens (primary N) is 2. The van der Waals surface area contributed by atoms with E-state index in [0.29, 0.717) is 23.2 Å². The molecule has 5 N–H and O–H groups in total. The number of carbonyl (C=O) groups is 1. The van der Waals surface area contributed by atoms with Crippen LogP contribution in [0, 0.1) is 0 Å². The van der Waals surface area contributed by atoms with Gasteiger partial charge in [-0.25, -0.2) is 4.98 Å². The van der Waals surface area contributed by atoms with Gasteiger partial charge in [-0.3, -0.25) is 4.79 Å². The average Bonchev–Trinajstić information content (AvgIpc) is 3.22. The van der Waals surface area contributed by atoms with E-state index >= 15 is 0 Å². The highest BCUT2D eigenvalue weighted by Gasteiger charge is 2.24. The molecule has 0 radical (unpaired) electrons. The lowest BCUT2D eigenvalue weighted by atomic mass is 10.0. The summed E-state index contributed by atoms with van der Waals surface area (Å²) in [5.74, 6) is 0.169. The minimum Gasteiger partial charge on any atom is -0.471 e. The van der Waals surface area contributed by atoms with Gasteiger partial charge in [-0.2, -0.15) is 0 Å². The highest BCUT2D eigenvalue weighted by atomic mass is 32.2. The molecule has 0 bridgehead atoms. The molecule has 1 aliphatic heterocycles. The Kier molecular flexibility index (Phi) is 4.77. The molecule has 0 aliphatic carbocycles. The summed E-state index contributed by atoms with van der Waals surface area (Å²) in [5.41, 5.74) is 15.3. The van der Waals surface area contributed by atoms with Gasteiger partial charge in [-0.15, -0.1) is 11.8 Å². The maximum absolute atomic E-state index is 12.2. The maximum Gasteiger partial charge on any atom is 0.255 e. The molecule has 0 spiro atoms. The predicted octanol–water partition coefficient (Wildman–Crippen LogP) is 3.03. The summed E-state index contributed by atoms with van der Waals surface area (Å²) in [7, 11) is 0. The van der Waals surface area contributed by atoms with E-state index in [1.807, 2.05) is 36.4 Å². The van der Waals surface area contributed by atoms with E-state index < -0.39 is 0 Å². The van der Waals surface area contributed by atoms with Crippen molar-refractivity contribution in [3.8, 4) is 0 Å². The molecule has 3 aromatic rings. The first-order valence-electron chi connectivity index (χ1n) is 8.68. The summed E-state index contributed by atoms with van der Waals surface area (Å²) in [6.45, 7) is 0.429. The zero-order valence-corrected chi connectivity index (χ0v) is 15.5. The van der Waals surface area contributed by atoms with E-state index in [2.05, 4.69) is 22.4 Å². The summed E-state index contributed by atoms with van der Waals surface area (Å²) in [5, 5.41) is 3.42. The van der Waals surface area contributed by atoms with Crippen molar-refractivity contribution in [2.24, 2.45) is 0 Å². The topological polar surface area (TPSA) is 107 Å². The molecule has 138 valence electrons. The largest absolute Gasteiger partial charge is 0.471 e. The van der Waals surface area contributed by atoms with Crippen molar-refractivity contribution in [2.45, 2.75) is 29.5 Å². The molecule has 2 aromatic heterocycles. The van der Waals surface area contributed by atoms with Crippen LogP contribution in [0.5, 0.6) is 0 Å². The van der Waals surface area contributed by atoms with E-state index in [4.69, 9.17) is 15.9 Å². The quantitative estimate of drug-likeness (QED) is 0.628. The van der Waals surface area contributed by atoms with Crippen LogP contribution in [0.2, 0.25) is 0 Å². The Hall–Kier alpha value is -2.93. The summed E-state index contributed by atoms with van der Waals surface area (Å²) in [6.07, 6.45) is 5.73. The maximum atomic E-state index is 12.2. The molecule has 3 heterocycles. The number of furan rings is 1. The number of carbonyl (C=O) groups excluding carboxylic acids is 1. The van der Waals surface area contributed by atoms with Crippen LogP contribution in [0.1, 0.15) is 27.0 Å². The second kappa shape index (κ2) is 7.36. The van der Waals surface area contributed by atoms with Gasteiger partial charge in [0, 0.05) is 22.3 Å². The summed E-state index contributed by atoms with van der Waals surface area (Å²) >= 11 is 1.88. The van der Waals surface area contributed by atoms with Crippen molar-refractivity contribution < 1.29 is 9.21 Å². The first-order valence-corrected chi connectivity index (χ1v) is 9.56. The number of hydrogen-bond acceptors (Lipinski definition) is 6. The number of amides is 1. The standard InChI is InChI=1S/C20H20N4O2S/c21-18-6-5-16(19(22)24-18)20(25)23-9-13-3-1-12(2-4-13)7-15-8-14-10-26-11-17(14)27-15/h1-6,10-11,15H,7-9H2,(H,23,25)(H4,21,22,24). The van der Waals surface area contributed by atoms with Gasteiger partial charge >= 0.3 is 0 Å². The van der Waals surface area contributed by atoms with Gasteiger partial charge in [0.15, 0.2) is 0 Å². The molecule has 27 heavy (non-hydrogen) atoms. The Bertz CT molecular complexity index is 948. The third kappa shape index (κ3) is 3.93. The van der Waals surface area contributed by atoms with Crippen molar-refractivity contribution in [3.63, 3.8) is 0 Å². The number of nitrogens with one attached hydrogen (secondary N) is 1. The highest BCUT2D eigenvalue weighted by molar-refractivity contribution is 8.00. The number of anilines is 2. The van der Waals surface area contributed by atoms with Crippen LogP contribution in [-0.4, -0.2) is 16.1 Å². The molecule has 1 aromatic carbocycles. The Morgan fingerprint density at radius 1 is 1.15 bits per heavy atom. The van der Waals surface area contributed by atoms with Gasteiger partial charge in [-0.1, -0.05) is 24.3 Å². The molecule has 1 aliphatic rings. The predicted molar refractivity (Wildman–Crippen MR) is 106 cm³/mol.